The third-order valence-electron chi connectivity index (χ3n) is 4.81. The summed E-state index contributed by atoms with van der Waals surface area (Å²) in [6.45, 7) is 2.97. The zero-order valence-electron chi connectivity index (χ0n) is 13.5. The molecule has 0 aliphatic carbocycles. The minimum Gasteiger partial charge on any atom is -0.381 e. The Morgan fingerprint density at radius 3 is 2.25 bits per heavy atom. The Bertz CT molecular complexity index is 639. The zero-order chi connectivity index (χ0) is 17.0. The highest BCUT2D eigenvalue weighted by molar-refractivity contribution is 7.87. The maximum atomic E-state index is 13.2. The van der Waals surface area contributed by atoms with Crippen LogP contribution in [0, 0.1) is 5.82 Å². The molecule has 8 heteroatoms. The number of nitrogens with one attached hydrogen (secondary N) is 1. The number of halogens is 1. The van der Waals surface area contributed by atoms with Gasteiger partial charge in [0, 0.05) is 38.3 Å². The van der Waals surface area contributed by atoms with Crippen molar-refractivity contribution in [2.24, 2.45) is 0 Å². The molecule has 0 aromatic heterocycles. The normalized spacial score (nSPS) is 22.4. The Balaban J connectivity index is 1.76. The number of hydrogen-bond donors (Lipinski definition) is 1. The monoisotopic (exact) mass is 358 g/mol. The van der Waals surface area contributed by atoms with Crippen molar-refractivity contribution in [2.45, 2.75) is 18.3 Å². The van der Waals surface area contributed by atoms with Gasteiger partial charge in [-0.15, -0.1) is 0 Å². The average Bonchev–Trinajstić information content (AvgIpc) is 2.62. The molecular formula is C16H23FN2O4S. The largest absolute Gasteiger partial charge is 0.381 e. The van der Waals surface area contributed by atoms with E-state index in [0.717, 1.165) is 5.56 Å². The average molecular weight is 358 g/mol. The van der Waals surface area contributed by atoms with E-state index in [9.17, 15) is 12.8 Å². The molecule has 1 N–H and O–H groups in total. The van der Waals surface area contributed by atoms with E-state index < -0.39 is 10.2 Å². The molecule has 24 heavy (non-hydrogen) atoms. The molecule has 0 saturated carbocycles. The van der Waals surface area contributed by atoms with Gasteiger partial charge in [0.05, 0.1) is 13.2 Å². The third kappa shape index (κ3) is 3.94. The third-order valence-corrected chi connectivity index (χ3v) is 6.36. The van der Waals surface area contributed by atoms with Crippen LogP contribution < -0.4 is 4.72 Å². The number of rotatable bonds is 5. The van der Waals surface area contributed by atoms with Gasteiger partial charge in [0.25, 0.3) is 10.2 Å². The van der Waals surface area contributed by atoms with Crippen molar-refractivity contribution in [3.05, 3.63) is 35.6 Å². The second-order valence-electron chi connectivity index (χ2n) is 6.24. The fourth-order valence-corrected chi connectivity index (χ4v) is 4.51. The maximum Gasteiger partial charge on any atom is 0.279 e. The first-order chi connectivity index (χ1) is 11.5. The van der Waals surface area contributed by atoms with Crippen molar-refractivity contribution in [3.63, 3.8) is 0 Å². The maximum absolute atomic E-state index is 13.2. The van der Waals surface area contributed by atoms with Gasteiger partial charge in [0.2, 0.25) is 0 Å². The molecule has 2 aliphatic heterocycles. The SMILES string of the molecule is O=S(=O)(NCC1(c2ccc(F)cc2)CCOCC1)N1CCOCC1. The smallest absolute Gasteiger partial charge is 0.279 e. The molecule has 2 aliphatic rings. The first kappa shape index (κ1) is 17.8. The lowest BCUT2D eigenvalue weighted by Gasteiger charge is -2.38. The van der Waals surface area contributed by atoms with Crippen molar-refractivity contribution >= 4 is 10.2 Å². The topological polar surface area (TPSA) is 67.9 Å². The fourth-order valence-electron chi connectivity index (χ4n) is 3.24. The predicted molar refractivity (Wildman–Crippen MR) is 87.4 cm³/mol. The van der Waals surface area contributed by atoms with Crippen LogP contribution in [0.15, 0.2) is 24.3 Å². The summed E-state index contributed by atoms with van der Waals surface area (Å²) in [5.41, 5.74) is 0.572. The van der Waals surface area contributed by atoms with Gasteiger partial charge >= 0.3 is 0 Å². The van der Waals surface area contributed by atoms with Crippen LogP contribution in [0.1, 0.15) is 18.4 Å². The van der Waals surface area contributed by atoms with Crippen molar-refractivity contribution < 1.29 is 22.3 Å². The zero-order valence-corrected chi connectivity index (χ0v) is 14.4. The minimum atomic E-state index is -3.55. The molecule has 1 aromatic rings. The molecule has 0 atom stereocenters. The van der Waals surface area contributed by atoms with Gasteiger partial charge in [-0.2, -0.15) is 12.7 Å². The fraction of sp³-hybridized carbons (Fsp3) is 0.625. The van der Waals surface area contributed by atoms with Gasteiger partial charge in [-0.3, -0.25) is 0 Å². The van der Waals surface area contributed by atoms with E-state index in [0.29, 0.717) is 52.4 Å². The molecule has 0 bridgehead atoms. The molecule has 0 unspecified atom stereocenters. The second kappa shape index (κ2) is 7.45. The highest BCUT2D eigenvalue weighted by Crippen LogP contribution is 2.34. The minimum absolute atomic E-state index is 0.279. The second-order valence-corrected chi connectivity index (χ2v) is 7.99. The summed E-state index contributed by atoms with van der Waals surface area (Å²) in [5, 5.41) is 0. The quantitative estimate of drug-likeness (QED) is 0.854. The first-order valence-electron chi connectivity index (χ1n) is 8.18. The number of nitrogens with zero attached hydrogens (tertiary/aromatic N) is 1. The lowest BCUT2D eigenvalue weighted by molar-refractivity contribution is 0.0509. The summed E-state index contributed by atoms with van der Waals surface area (Å²) in [4.78, 5) is 0. The predicted octanol–water partition coefficient (Wildman–Crippen LogP) is 1.04. The molecule has 0 amide bonds. The van der Waals surface area contributed by atoms with E-state index in [1.54, 1.807) is 12.1 Å². The van der Waals surface area contributed by atoms with Crippen LogP contribution in [0.2, 0.25) is 0 Å². The molecule has 2 fully saturated rings. The van der Waals surface area contributed by atoms with Gasteiger partial charge in [-0.25, -0.2) is 9.11 Å². The van der Waals surface area contributed by atoms with Crippen LogP contribution >= 0.6 is 0 Å². The van der Waals surface area contributed by atoms with Crippen LogP contribution in [0.5, 0.6) is 0 Å². The molecule has 2 heterocycles. The van der Waals surface area contributed by atoms with E-state index in [2.05, 4.69) is 4.72 Å². The van der Waals surface area contributed by atoms with Gasteiger partial charge in [0.15, 0.2) is 0 Å². The Kier molecular flexibility index (Phi) is 5.51. The van der Waals surface area contributed by atoms with Crippen LogP contribution in [-0.2, 0) is 25.1 Å². The van der Waals surface area contributed by atoms with Crippen LogP contribution in [0.3, 0.4) is 0 Å². The van der Waals surface area contributed by atoms with Crippen molar-refractivity contribution in [1.29, 1.82) is 0 Å². The molecule has 6 nitrogen and oxygen atoms in total. The highest BCUT2D eigenvalue weighted by atomic mass is 32.2. The van der Waals surface area contributed by atoms with Crippen LogP contribution in [0.25, 0.3) is 0 Å². The van der Waals surface area contributed by atoms with E-state index in [1.165, 1.54) is 16.4 Å². The van der Waals surface area contributed by atoms with Gasteiger partial charge < -0.3 is 9.47 Å². The summed E-state index contributed by atoms with van der Waals surface area (Å²) in [7, 11) is -3.55. The van der Waals surface area contributed by atoms with Crippen LogP contribution in [0.4, 0.5) is 4.39 Å². The number of morpholine rings is 1. The Labute approximate surface area is 142 Å². The Hall–Kier alpha value is -1.06. The van der Waals surface area contributed by atoms with Crippen molar-refractivity contribution in [1.82, 2.24) is 9.03 Å². The van der Waals surface area contributed by atoms with Gasteiger partial charge in [-0.05, 0) is 30.5 Å². The first-order valence-corrected chi connectivity index (χ1v) is 9.62. The number of benzene rings is 1. The molecule has 2 saturated heterocycles. The Morgan fingerprint density at radius 2 is 1.62 bits per heavy atom. The van der Waals surface area contributed by atoms with Crippen molar-refractivity contribution in [2.75, 3.05) is 46.1 Å². The molecule has 1 aromatic carbocycles. The summed E-state index contributed by atoms with van der Waals surface area (Å²) < 4.78 is 53.1. The summed E-state index contributed by atoms with van der Waals surface area (Å²) in [5.74, 6) is -0.296. The van der Waals surface area contributed by atoms with E-state index in [-0.39, 0.29) is 17.8 Å². The van der Waals surface area contributed by atoms with E-state index in [4.69, 9.17) is 9.47 Å². The highest BCUT2D eigenvalue weighted by Gasteiger charge is 2.36. The van der Waals surface area contributed by atoms with Gasteiger partial charge in [-0.1, -0.05) is 12.1 Å². The standard InChI is InChI=1S/C16H23FN2O4S/c17-15-3-1-14(2-4-15)16(5-9-22-10-6-16)13-18-24(20,21)19-7-11-23-12-8-19/h1-4,18H,5-13H2. The van der Waals surface area contributed by atoms with Gasteiger partial charge in [0.1, 0.15) is 5.82 Å². The Morgan fingerprint density at radius 1 is 1.04 bits per heavy atom. The van der Waals surface area contributed by atoms with E-state index in [1.807, 2.05) is 0 Å². The molecular weight excluding hydrogens is 335 g/mol. The summed E-state index contributed by atoms with van der Waals surface area (Å²) in [6, 6.07) is 6.32. The molecule has 0 radical (unpaired) electrons. The van der Waals surface area contributed by atoms with E-state index >= 15 is 0 Å². The molecule has 3 rings (SSSR count). The lowest BCUT2D eigenvalue weighted by atomic mass is 9.74. The number of hydrogen-bond acceptors (Lipinski definition) is 4. The summed E-state index contributed by atoms with van der Waals surface area (Å²) >= 11 is 0. The van der Waals surface area contributed by atoms with Crippen molar-refractivity contribution in [3.8, 4) is 0 Å². The lowest BCUT2D eigenvalue weighted by Crippen LogP contribution is -2.51. The summed E-state index contributed by atoms with van der Waals surface area (Å²) in [6.07, 6.45) is 1.40. The van der Waals surface area contributed by atoms with Crippen LogP contribution in [-0.4, -0.2) is 58.8 Å². The number of ether oxygens (including phenoxy) is 2. The molecule has 0 spiro atoms. The molecule has 134 valence electrons.